The highest BCUT2D eigenvalue weighted by atomic mass is 16.7. The van der Waals surface area contributed by atoms with Gasteiger partial charge in [-0.2, -0.15) is 0 Å². The van der Waals surface area contributed by atoms with Gasteiger partial charge in [-0.3, -0.25) is 0 Å². The molecule has 3 N–H and O–H groups in total. The number of fused-ring (bicyclic) bond motifs is 5. The fraction of sp³-hybridized carbons (Fsp3) is 0.913. The van der Waals surface area contributed by atoms with E-state index in [1.807, 2.05) is 6.92 Å². The van der Waals surface area contributed by atoms with E-state index in [1.54, 1.807) is 0 Å². The largest absolute Gasteiger partial charge is 0.387 e. The Balaban J connectivity index is 1.50. The predicted octanol–water partition coefficient (Wildman–Crippen LogP) is 2.98. The van der Waals surface area contributed by atoms with Gasteiger partial charge in [-0.1, -0.05) is 25.5 Å². The molecule has 3 saturated carbocycles. The van der Waals surface area contributed by atoms with E-state index in [0.29, 0.717) is 37.4 Å². The van der Waals surface area contributed by atoms with Gasteiger partial charge in [-0.05, 0) is 75.0 Å². The Bertz CT molecular complexity index is 680. The fourth-order valence-corrected chi connectivity index (χ4v) is 8.36. The molecule has 158 valence electrons. The van der Waals surface area contributed by atoms with Crippen LogP contribution in [0.15, 0.2) is 11.6 Å². The zero-order valence-corrected chi connectivity index (χ0v) is 17.5. The van der Waals surface area contributed by atoms with E-state index in [9.17, 15) is 15.3 Å². The summed E-state index contributed by atoms with van der Waals surface area (Å²) in [6.07, 6.45) is 7.71. The van der Waals surface area contributed by atoms with Gasteiger partial charge in [0.1, 0.15) is 6.10 Å². The van der Waals surface area contributed by atoms with Crippen LogP contribution in [0, 0.1) is 34.5 Å². The Labute approximate surface area is 168 Å². The molecule has 4 fully saturated rings. The van der Waals surface area contributed by atoms with Crippen LogP contribution in [-0.2, 0) is 9.47 Å². The van der Waals surface area contributed by atoms with Crippen molar-refractivity contribution in [2.24, 2.45) is 34.5 Å². The minimum atomic E-state index is -2.05. The standard InChI is InChI=1S/C23H36O5/c1-20-11-10-17-15(16(20)7-8-18(20)22(3)27-12-13-28-22)6-4-14-5-9-19(24)23(25,26)21(14,17)2/h4,15-19,24-26H,5-13H2,1-3H3/t15-,16-,17-,18-,19?,20-,21-/m0/s1. The van der Waals surface area contributed by atoms with Gasteiger partial charge in [0.15, 0.2) is 11.6 Å². The van der Waals surface area contributed by atoms with Crippen LogP contribution in [-0.4, -0.2) is 46.2 Å². The highest BCUT2D eigenvalue weighted by molar-refractivity contribution is 5.29. The summed E-state index contributed by atoms with van der Waals surface area (Å²) in [6.45, 7) is 7.90. The van der Waals surface area contributed by atoms with Gasteiger partial charge in [0.25, 0.3) is 0 Å². The minimum Gasteiger partial charge on any atom is -0.387 e. The van der Waals surface area contributed by atoms with Gasteiger partial charge in [-0.25, -0.2) is 0 Å². The van der Waals surface area contributed by atoms with Crippen molar-refractivity contribution >= 4 is 0 Å². The van der Waals surface area contributed by atoms with Crippen molar-refractivity contribution in [2.45, 2.75) is 83.4 Å². The van der Waals surface area contributed by atoms with E-state index in [1.165, 1.54) is 0 Å². The van der Waals surface area contributed by atoms with Crippen molar-refractivity contribution in [1.29, 1.82) is 0 Å². The number of ether oxygens (including phenoxy) is 2. The van der Waals surface area contributed by atoms with E-state index in [0.717, 1.165) is 44.1 Å². The first-order chi connectivity index (χ1) is 13.1. The van der Waals surface area contributed by atoms with Gasteiger partial charge < -0.3 is 24.8 Å². The van der Waals surface area contributed by atoms with Crippen molar-refractivity contribution in [3.63, 3.8) is 0 Å². The first-order valence-electron chi connectivity index (χ1n) is 11.2. The Morgan fingerprint density at radius 1 is 0.964 bits per heavy atom. The molecule has 0 spiro atoms. The number of allylic oxidation sites excluding steroid dienone is 1. The molecule has 0 aromatic heterocycles. The second-order valence-corrected chi connectivity index (χ2v) is 10.7. The highest BCUT2D eigenvalue weighted by Gasteiger charge is 2.67. The molecule has 1 aliphatic heterocycles. The molecular weight excluding hydrogens is 356 g/mol. The number of rotatable bonds is 1. The monoisotopic (exact) mass is 392 g/mol. The van der Waals surface area contributed by atoms with Crippen LogP contribution in [0.5, 0.6) is 0 Å². The topological polar surface area (TPSA) is 79.2 Å². The van der Waals surface area contributed by atoms with E-state index in [2.05, 4.69) is 19.9 Å². The molecule has 4 aliphatic carbocycles. The zero-order chi connectivity index (χ0) is 19.9. The molecule has 0 radical (unpaired) electrons. The Hall–Kier alpha value is -0.460. The first kappa shape index (κ1) is 19.5. The van der Waals surface area contributed by atoms with E-state index >= 15 is 0 Å². The van der Waals surface area contributed by atoms with Crippen LogP contribution < -0.4 is 0 Å². The summed E-state index contributed by atoms with van der Waals surface area (Å²) in [4.78, 5) is 0. The maximum Gasteiger partial charge on any atom is 0.199 e. The summed E-state index contributed by atoms with van der Waals surface area (Å²) in [6, 6.07) is 0. The highest BCUT2D eigenvalue weighted by Crippen LogP contribution is 2.69. The smallest absolute Gasteiger partial charge is 0.199 e. The molecule has 5 heteroatoms. The molecule has 1 unspecified atom stereocenters. The molecule has 7 atom stereocenters. The molecule has 28 heavy (non-hydrogen) atoms. The zero-order valence-electron chi connectivity index (χ0n) is 17.5. The summed E-state index contributed by atoms with van der Waals surface area (Å²) in [5.74, 6) is -0.981. The molecule has 5 rings (SSSR count). The van der Waals surface area contributed by atoms with Crippen molar-refractivity contribution in [3.05, 3.63) is 11.6 Å². The van der Waals surface area contributed by atoms with Crippen LogP contribution in [0.4, 0.5) is 0 Å². The third-order valence-corrected chi connectivity index (χ3v) is 9.89. The second-order valence-electron chi connectivity index (χ2n) is 10.7. The van der Waals surface area contributed by atoms with Crippen molar-refractivity contribution in [2.75, 3.05) is 13.2 Å². The average Bonchev–Trinajstić information content (AvgIpc) is 3.23. The first-order valence-corrected chi connectivity index (χ1v) is 11.2. The lowest BCUT2D eigenvalue weighted by molar-refractivity contribution is -0.312. The summed E-state index contributed by atoms with van der Waals surface area (Å²) >= 11 is 0. The summed E-state index contributed by atoms with van der Waals surface area (Å²) < 4.78 is 12.2. The third kappa shape index (κ3) is 2.26. The Morgan fingerprint density at radius 2 is 1.68 bits per heavy atom. The van der Waals surface area contributed by atoms with Crippen LogP contribution >= 0.6 is 0 Å². The van der Waals surface area contributed by atoms with Gasteiger partial charge in [0.05, 0.1) is 13.2 Å². The molecule has 5 nitrogen and oxygen atoms in total. The Morgan fingerprint density at radius 3 is 2.39 bits per heavy atom. The Kier molecular flexibility index (Phi) is 4.21. The van der Waals surface area contributed by atoms with Crippen molar-refractivity contribution < 1.29 is 24.8 Å². The average molecular weight is 393 g/mol. The molecule has 0 aromatic rings. The second kappa shape index (κ2) is 6.04. The molecular formula is C23H36O5. The van der Waals surface area contributed by atoms with Gasteiger partial charge in [0, 0.05) is 11.3 Å². The van der Waals surface area contributed by atoms with Crippen LogP contribution in [0.1, 0.15) is 65.7 Å². The van der Waals surface area contributed by atoms with Gasteiger partial charge in [-0.15, -0.1) is 0 Å². The number of hydrogen-bond donors (Lipinski definition) is 3. The lowest BCUT2D eigenvalue weighted by Crippen LogP contribution is -2.65. The fourth-order valence-electron chi connectivity index (χ4n) is 8.36. The summed E-state index contributed by atoms with van der Waals surface area (Å²) in [5.41, 5.74) is 0.553. The van der Waals surface area contributed by atoms with Crippen molar-refractivity contribution in [3.8, 4) is 0 Å². The van der Waals surface area contributed by atoms with Crippen LogP contribution in [0.3, 0.4) is 0 Å². The lowest BCUT2D eigenvalue weighted by atomic mass is 9.45. The molecule has 0 aromatic carbocycles. The minimum absolute atomic E-state index is 0.156. The third-order valence-electron chi connectivity index (χ3n) is 9.89. The van der Waals surface area contributed by atoms with E-state index < -0.39 is 23.1 Å². The molecule has 0 bridgehead atoms. The quantitative estimate of drug-likeness (QED) is 0.472. The molecule has 1 saturated heterocycles. The summed E-state index contributed by atoms with van der Waals surface area (Å²) in [7, 11) is 0. The van der Waals surface area contributed by atoms with Crippen molar-refractivity contribution in [1.82, 2.24) is 0 Å². The molecule has 1 heterocycles. The SMILES string of the molecule is CC1([C@H]2CC[C@H]3[C@@H]4CC=C5CCC(O)C(O)(O)[C@]5(C)[C@H]4CC[C@]23C)OCCO1. The number of aliphatic hydroxyl groups excluding tert-OH is 1. The lowest BCUT2D eigenvalue weighted by Gasteiger charge is -2.62. The van der Waals surface area contributed by atoms with Gasteiger partial charge >= 0.3 is 0 Å². The normalized spacial score (nSPS) is 51.8. The molecule has 5 aliphatic rings. The predicted molar refractivity (Wildman–Crippen MR) is 104 cm³/mol. The number of hydrogen-bond acceptors (Lipinski definition) is 5. The maximum atomic E-state index is 11.0. The summed E-state index contributed by atoms with van der Waals surface area (Å²) in [5, 5.41) is 32.5. The van der Waals surface area contributed by atoms with Crippen LogP contribution in [0.25, 0.3) is 0 Å². The number of aliphatic hydroxyl groups is 3. The van der Waals surface area contributed by atoms with E-state index in [4.69, 9.17) is 9.47 Å². The maximum absolute atomic E-state index is 11.0. The van der Waals surface area contributed by atoms with Crippen LogP contribution in [0.2, 0.25) is 0 Å². The molecule has 0 amide bonds. The van der Waals surface area contributed by atoms with E-state index in [-0.39, 0.29) is 11.3 Å². The van der Waals surface area contributed by atoms with Gasteiger partial charge in [0.2, 0.25) is 0 Å².